The lowest BCUT2D eigenvalue weighted by Gasteiger charge is -2.35. The summed E-state index contributed by atoms with van der Waals surface area (Å²) in [4.78, 5) is 28.3. The van der Waals surface area contributed by atoms with Gasteiger partial charge in [-0.1, -0.05) is 0 Å². The molecule has 1 aromatic carbocycles. The molecule has 130 valence electrons. The van der Waals surface area contributed by atoms with Gasteiger partial charge in [-0.2, -0.15) is 0 Å². The molecule has 2 aliphatic heterocycles. The molecule has 0 radical (unpaired) electrons. The SMILES string of the molecule is O=C(c1cc(F)ccc1F)N1CCC(C(=O)N2CCCCC2)CC1. The van der Waals surface area contributed by atoms with Crippen molar-refractivity contribution >= 4 is 11.8 Å². The molecule has 0 N–H and O–H groups in total. The zero-order valence-corrected chi connectivity index (χ0v) is 13.6. The van der Waals surface area contributed by atoms with Gasteiger partial charge in [-0.25, -0.2) is 8.78 Å². The molecule has 0 bridgehead atoms. The lowest BCUT2D eigenvalue weighted by atomic mass is 9.94. The molecular formula is C18H22F2N2O2. The van der Waals surface area contributed by atoms with Gasteiger partial charge in [0.25, 0.3) is 5.91 Å². The van der Waals surface area contributed by atoms with Crippen molar-refractivity contribution in [2.75, 3.05) is 26.2 Å². The molecule has 2 aliphatic rings. The minimum atomic E-state index is -0.715. The van der Waals surface area contributed by atoms with E-state index in [4.69, 9.17) is 0 Å². The quantitative estimate of drug-likeness (QED) is 0.833. The highest BCUT2D eigenvalue weighted by atomic mass is 19.1. The van der Waals surface area contributed by atoms with Gasteiger partial charge in [0.2, 0.25) is 5.91 Å². The van der Waals surface area contributed by atoms with Gasteiger partial charge in [-0.15, -0.1) is 0 Å². The molecule has 2 saturated heterocycles. The van der Waals surface area contributed by atoms with E-state index in [0.29, 0.717) is 25.9 Å². The fraction of sp³-hybridized carbons (Fsp3) is 0.556. The molecule has 4 nitrogen and oxygen atoms in total. The van der Waals surface area contributed by atoms with E-state index in [0.717, 1.165) is 44.1 Å². The van der Waals surface area contributed by atoms with Crippen molar-refractivity contribution in [3.63, 3.8) is 0 Å². The summed E-state index contributed by atoms with van der Waals surface area (Å²) in [5.74, 6) is -1.73. The van der Waals surface area contributed by atoms with Crippen LogP contribution in [0.2, 0.25) is 0 Å². The Bertz CT molecular complexity index is 621. The van der Waals surface area contributed by atoms with E-state index >= 15 is 0 Å². The number of carbonyl (C=O) groups is 2. The van der Waals surface area contributed by atoms with Crippen LogP contribution < -0.4 is 0 Å². The van der Waals surface area contributed by atoms with Gasteiger partial charge < -0.3 is 9.80 Å². The Morgan fingerprint density at radius 1 is 0.917 bits per heavy atom. The van der Waals surface area contributed by atoms with Crippen LogP contribution in [0.3, 0.4) is 0 Å². The van der Waals surface area contributed by atoms with Crippen molar-refractivity contribution in [1.29, 1.82) is 0 Å². The van der Waals surface area contributed by atoms with Gasteiger partial charge in [0, 0.05) is 32.1 Å². The van der Waals surface area contributed by atoms with Crippen LogP contribution in [0, 0.1) is 17.6 Å². The van der Waals surface area contributed by atoms with E-state index in [1.54, 1.807) is 0 Å². The highest BCUT2D eigenvalue weighted by Gasteiger charge is 2.31. The highest BCUT2D eigenvalue weighted by Crippen LogP contribution is 2.23. The molecule has 0 aliphatic carbocycles. The van der Waals surface area contributed by atoms with Crippen LogP contribution in [-0.4, -0.2) is 47.8 Å². The second-order valence-corrected chi connectivity index (χ2v) is 6.58. The molecule has 2 amide bonds. The van der Waals surface area contributed by atoms with Crippen LogP contribution in [0.4, 0.5) is 8.78 Å². The first-order valence-electron chi connectivity index (χ1n) is 8.59. The highest BCUT2D eigenvalue weighted by molar-refractivity contribution is 5.94. The van der Waals surface area contributed by atoms with E-state index in [1.807, 2.05) is 4.90 Å². The smallest absolute Gasteiger partial charge is 0.256 e. The zero-order chi connectivity index (χ0) is 17.1. The maximum absolute atomic E-state index is 13.7. The topological polar surface area (TPSA) is 40.6 Å². The molecule has 24 heavy (non-hydrogen) atoms. The molecule has 0 spiro atoms. The van der Waals surface area contributed by atoms with E-state index in [1.165, 1.54) is 11.3 Å². The zero-order valence-electron chi connectivity index (χ0n) is 13.6. The summed E-state index contributed by atoms with van der Waals surface area (Å²) < 4.78 is 27.0. The Hall–Kier alpha value is -1.98. The van der Waals surface area contributed by atoms with E-state index in [2.05, 4.69) is 0 Å². The molecule has 0 atom stereocenters. The Morgan fingerprint density at radius 3 is 2.25 bits per heavy atom. The third kappa shape index (κ3) is 3.57. The summed E-state index contributed by atoms with van der Waals surface area (Å²) >= 11 is 0. The number of rotatable bonds is 2. The summed E-state index contributed by atoms with van der Waals surface area (Å²) in [6, 6.07) is 2.90. The largest absolute Gasteiger partial charge is 0.342 e. The van der Waals surface area contributed by atoms with Crippen LogP contribution in [-0.2, 0) is 4.79 Å². The first-order chi connectivity index (χ1) is 11.6. The fourth-order valence-corrected chi connectivity index (χ4v) is 3.53. The maximum Gasteiger partial charge on any atom is 0.256 e. The lowest BCUT2D eigenvalue weighted by Crippen LogP contribution is -2.45. The average Bonchev–Trinajstić information content (AvgIpc) is 2.63. The van der Waals surface area contributed by atoms with Crippen molar-refractivity contribution in [2.24, 2.45) is 5.92 Å². The number of hydrogen-bond donors (Lipinski definition) is 0. The van der Waals surface area contributed by atoms with Crippen LogP contribution in [0.25, 0.3) is 0 Å². The first kappa shape index (κ1) is 16.9. The van der Waals surface area contributed by atoms with Gasteiger partial charge in [0.15, 0.2) is 0 Å². The Morgan fingerprint density at radius 2 is 1.58 bits per heavy atom. The minimum Gasteiger partial charge on any atom is -0.342 e. The summed E-state index contributed by atoms with van der Waals surface area (Å²) in [5, 5.41) is 0. The van der Waals surface area contributed by atoms with E-state index in [9.17, 15) is 18.4 Å². The van der Waals surface area contributed by atoms with Crippen LogP contribution in [0.5, 0.6) is 0 Å². The summed E-state index contributed by atoms with van der Waals surface area (Å²) in [6.45, 7) is 2.46. The predicted molar refractivity (Wildman–Crippen MR) is 85.4 cm³/mol. The van der Waals surface area contributed by atoms with Gasteiger partial charge >= 0.3 is 0 Å². The van der Waals surface area contributed by atoms with Gasteiger partial charge in [0.1, 0.15) is 11.6 Å². The second-order valence-electron chi connectivity index (χ2n) is 6.58. The Balaban J connectivity index is 1.59. The number of carbonyl (C=O) groups excluding carboxylic acids is 2. The lowest BCUT2D eigenvalue weighted by molar-refractivity contribution is -0.137. The maximum atomic E-state index is 13.7. The third-order valence-electron chi connectivity index (χ3n) is 4.96. The monoisotopic (exact) mass is 336 g/mol. The van der Waals surface area contributed by atoms with Gasteiger partial charge in [-0.3, -0.25) is 9.59 Å². The van der Waals surface area contributed by atoms with Gasteiger partial charge in [-0.05, 0) is 50.3 Å². The molecule has 6 heteroatoms. The Kier molecular flexibility index (Phi) is 5.11. The predicted octanol–water partition coefficient (Wildman–Crippen LogP) is 2.83. The second kappa shape index (κ2) is 7.28. The summed E-state index contributed by atoms with van der Waals surface area (Å²) in [5.41, 5.74) is -0.240. The van der Waals surface area contributed by atoms with Crippen molar-refractivity contribution in [3.8, 4) is 0 Å². The number of amides is 2. The van der Waals surface area contributed by atoms with E-state index < -0.39 is 17.5 Å². The number of likely N-dealkylation sites (tertiary alicyclic amines) is 2. The van der Waals surface area contributed by atoms with Crippen molar-refractivity contribution in [3.05, 3.63) is 35.4 Å². The van der Waals surface area contributed by atoms with E-state index in [-0.39, 0.29) is 17.4 Å². The molecule has 2 fully saturated rings. The summed E-state index contributed by atoms with van der Waals surface area (Å²) in [6.07, 6.45) is 4.45. The van der Waals surface area contributed by atoms with Gasteiger partial charge in [0.05, 0.1) is 5.56 Å². The van der Waals surface area contributed by atoms with Crippen LogP contribution in [0.1, 0.15) is 42.5 Å². The number of piperidine rings is 2. The van der Waals surface area contributed by atoms with Crippen molar-refractivity contribution < 1.29 is 18.4 Å². The number of benzene rings is 1. The molecule has 2 heterocycles. The fourth-order valence-electron chi connectivity index (χ4n) is 3.53. The normalized spacial score (nSPS) is 19.4. The Labute approximate surface area is 140 Å². The summed E-state index contributed by atoms with van der Waals surface area (Å²) in [7, 11) is 0. The number of hydrogen-bond acceptors (Lipinski definition) is 2. The molecule has 1 aromatic rings. The average molecular weight is 336 g/mol. The standard InChI is InChI=1S/C18H22F2N2O2/c19-14-4-5-16(20)15(12-14)18(24)22-10-6-13(7-11-22)17(23)21-8-2-1-3-9-21/h4-5,12-13H,1-3,6-11H2. The molecule has 0 aromatic heterocycles. The van der Waals surface area contributed by atoms with Crippen molar-refractivity contribution in [1.82, 2.24) is 9.80 Å². The first-order valence-corrected chi connectivity index (χ1v) is 8.59. The third-order valence-corrected chi connectivity index (χ3v) is 4.96. The minimum absolute atomic E-state index is 0.0653. The number of halogens is 2. The van der Waals surface area contributed by atoms with Crippen molar-refractivity contribution in [2.45, 2.75) is 32.1 Å². The van der Waals surface area contributed by atoms with Crippen LogP contribution in [0.15, 0.2) is 18.2 Å². The molecule has 0 unspecified atom stereocenters. The molecule has 0 saturated carbocycles. The molecular weight excluding hydrogens is 314 g/mol. The number of nitrogens with zero attached hydrogens (tertiary/aromatic N) is 2. The molecule has 3 rings (SSSR count). The van der Waals surface area contributed by atoms with Crippen LogP contribution >= 0.6 is 0 Å².